The highest BCUT2D eigenvalue weighted by molar-refractivity contribution is 7.89. The summed E-state index contributed by atoms with van der Waals surface area (Å²) in [5.74, 6) is 0.273. The minimum Gasteiger partial charge on any atom is -0.316 e. The molecule has 1 atom stereocenters. The number of rotatable bonds is 3. The second kappa shape index (κ2) is 5.78. The molecule has 0 amide bonds. The molecule has 2 saturated heterocycles. The zero-order chi connectivity index (χ0) is 16.0. The fourth-order valence-electron chi connectivity index (χ4n) is 3.46. The third-order valence-corrected chi connectivity index (χ3v) is 7.30. The lowest BCUT2D eigenvalue weighted by atomic mass is 9.87. The van der Waals surface area contributed by atoms with Crippen molar-refractivity contribution >= 4 is 21.6 Å². The van der Waals surface area contributed by atoms with Crippen molar-refractivity contribution in [1.82, 2.24) is 9.62 Å². The minimum atomic E-state index is -3.52. The quantitative estimate of drug-likeness (QED) is 0.919. The van der Waals surface area contributed by atoms with Crippen molar-refractivity contribution in [2.24, 2.45) is 5.41 Å². The molecule has 6 heteroatoms. The van der Waals surface area contributed by atoms with Crippen LogP contribution in [0.4, 0.5) is 0 Å². The van der Waals surface area contributed by atoms with Gasteiger partial charge >= 0.3 is 0 Å². The molecule has 0 saturated carbocycles. The van der Waals surface area contributed by atoms with Crippen LogP contribution in [0.2, 0.25) is 5.02 Å². The molecule has 2 aliphatic heterocycles. The van der Waals surface area contributed by atoms with E-state index >= 15 is 0 Å². The van der Waals surface area contributed by atoms with Gasteiger partial charge in [0.1, 0.15) is 4.90 Å². The highest BCUT2D eigenvalue weighted by Gasteiger charge is 2.44. The van der Waals surface area contributed by atoms with E-state index in [0.717, 1.165) is 31.5 Å². The predicted molar refractivity (Wildman–Crippen MR) is 88.8 cm³/mol. The van der Waals surface area contributed by atoms with Gasteiger partial charge in [0.25, 0.3) is 0 Å². The maximum atomic E-state index is 13.0. The van der Waals surface area contributed by atoms with Crippen LogP contribution in [0.25, 0.3) is 0 Å². The molecule has 1 N–H and O–H groups in total. The first kappa shape index (κ1) is 16.2. The van der Waals surface area contributed by atoms with Gasteiger partial charge in [-0.15, -0.1) is 0 Å². The molecular formula is C16H23ClN2O2S. The highest BCUT2D eigenvalue weighted by atomic mass is 35.5. The van der Waals surface area contributed by atoms with Gasteiger partial charge in [-0.1, -0.05) is 31.5 Å². The Morgan fingerprint density at radius 2 is 2.09 bits per heavy atom. The normalized spacial score (nSPS) is 26.4. The first-order chi connectivity index (χ1) is 10.3. The van der Waals surface area contributed by atoms with Crippen LogP contribution in [-0.2, 0) is 10.0 Å². The van der Waals surface area contributed by atoms with Crippen LogP contribution >= 0.6 is 11.6 Å². The zero-order valence-corrected chi connectivity index (χ0v) is 14.7. The Labute approximate surface area is 137 Å². The summed E-state index contributed by atoms with van der Waals surface area (Å²) in [5, 5.41) is 3.67. The maximum Gasteiger partial charge on any atom is 0.244 e. The van der Waals surface area contributed by atoms with Gasteiger partial charge in [-0.25, -0.2) is 8.42 Å². The van der Waals surface area contributed by atoms with Crippen LogP contribution in [0.3, 0.4) is 0 Å². The first-order valence-electron chi connectivity index (χ1n) is 7.84. The molecule has 2 fully saturated rings. The van der Waals surface area contributed by atoms with E-state index in [1.54, 1.807) is 16.4 Å². The van der Waals surface area contributed by atoms with Crippen molar-refractivity contribution < 1.29 is 8.42 Å². The smallest absolute Gasteiger partial charge is 0.244 e. The van der Waals surface area contributed by atoms with Crippen LogP contribution in [0.15, 0.2) is 23.1 Å². The third-order valence-electron chi connectivity index (χ3n) is 4.98. The second-order valence-electron chi connectivity index (χ2n) is 6.86. The number of sulfonamides is 1. The van der Waals surface area contributed by atoms with E-state index in [1.165, 1.54) is 0 Å². The van der Waals surface area contributed by atoms with Crippen molar-refractivity contribution in [1.29, 1.82) is 0 Å². The molecule has 1 aromatic rings. The van der Waals surface area contributed by atoms with Crippen molar-refractivity contribution in [3.63, 3.8) is 0 Å². The zero-order valence-electron chi connectivity index (χ0n) is 13.1. The van der Waals surface area contributed by atoms with Crippen molar-refractivity contribution in [3.05, 3.63) is 28.8 Å². The van der Waals surface area contributed by atoms with Crippen LogP contribution in [-0.4, -0.2) is 38.9 Å². The fraction of sp³-hybridized carbons (Fsp3) is 0.625. The number of halogens is 1. The summed E-state index contributed by atoms with van der Waals surface area (Å²) in [6.07, 6.45) is 1.99. The molecular weight excluding hydrogens is 320 g/mol. The molecule has 0 radical (unpaired) electrons. The molecule has 0 aromatic heterocycles. The number of nitrogens with one attached hydrogen (secondary N) is 1. The Balaban J connectivity index is 1.92. The highest BCUT2D eigenvalue weighted by Crippen LogP contribution is 2.39. The fourth-order valence-corrected chi connectivity index (χ4v) is 5.52. The first-order valence-corrected chi connectivity index (χ1v) is 9.66. The molecule has 0 aliphatic carbocycles. The van der Waals surface area contributed by atoms with E-state index in [-0.39, 0.29) is 16.2 Å². The molecule has 122 valence electrons. The summed E-state index contributed by atoms with van der Waals surface area (Å²) in [5.41, 5.74) is 1.12. The molecule has 1 aromatic carbocycles. The number of nitrogens with zero attached hydrogens (tertiary/aromatic N) is 1. The Bertz CT molecular complexity index is 667. The average Bonchev–Trinajstić information content (AvgIpc) is 3.10. The topological polar surface area (TPSA) is 49.4 Å². The summed E-state index contributed by atoms with van der Waals surface area (Å²) >= 11 is 6.20. The summed E-state index contributed by atoms with van der Waals surface area (Å²) in [7, 11) is -3.52. The van der Waals surface area contributed by atoms with Gasteiger partial charge in [0.15, 0.2) is 0 Å². The molecule has 1 unspecified atom stereocenters. The number of hydrogen-bond donors (Lipinski definition) is 1. The number of benzene rings is 1. The predicted octanol–water partition coefficient (Wildman–Crippen LogP) is 2.84. The van der Waals surface area contributed by atoms with E-state index in [9.17, 15) is 8.42 Å². The van der Waals surface area contributed by atoms with E-state index < -0.39 is 10.0 Å². The monoisotopic (exact) mass is 342 g/mol. The molecule has 22 heavy (non-hydrogen) atoms. The van der Waals surface area contributed by atoms with E-state index in [4.69, 9.17) is 11.6 Å². The van der Waals surface area contributed by atoms with E-state index in [2.05, 4.69) is 19.2 Å². The van der Waals surface area contributed by atoms with E-state index in [1.807, 2.05) is 6.07 Å². The molecule has 3 rings (SSSR count). The Morgan fingerprint density at radius 3 is 2.73 bits per heavy atom. The van der Waals surface area contributed by atoms with Gasteiger partial charge in [0.05, 0.1) is 5.02 Å². The average molecular weight is 343 g/mol. The van der Waals surface area contributed by atoms with Crippen molar-refractivity contribution in [2.45, 2.75) is 37.5 Å². The lowest BCUT2D eigenvalue weighted by Gasteiger charge is -2.23. The largest absolute Gasteiger partial charge is 0.316 e. The van der Waals surface area contributed by atoms with Crippen molar-refractivity contribution in [3.8, 4) is 0 Å². The number of hydrogen-bond acceptors (Lipinski definition) is 3. The van der Waals surface area contributed by atoms with Gasteiger partial charge in [0.2, 0.25) is 10.0 Å². The Kier molecular flexibility index (Phi) is 4.27. The van der Waals surface area contributed by atoms with Gasteiger partial charge in [-0.3, -0.25) is 0 Å². The van der Waals surface area contributed by atoms with Crippen LogP contribution in [0, 0.1) is 5.41 Å². The molecule has 4 nitrogen and oxygen atoms in total. The Hall–Kier alpha value is -0.620. The summed E-state index contributed by atoms with van der Waals surface area (Å²) in [6, 6.07) is 5.34. The summed E-state index contributed by atoms with van der Waals surface area (Å²) < 4.78 is 27.6. The van der Waals surface area contributed by atoms with Gasteiger partial charge in [-0.2, -0.15) is 4.31 Å². The SMILES string of the molecule is CC(C)c1ccc(Cl)c(S(=O)(=O)N2CCC3(CCNC3)C2)c1. The van der Waals surface area contributed by atoms with E-state index in [0.29, 0.717) is 18.1 Å². The summed E-state index contributed by atoms with van der Waals surface area (Å²) in [4.78, 5) is 0.253. The molecule has 2 aliphatic rings. The maximum absolute atomic E-state index is 13.0. The second-order valence-corrected chi connectivity index (χ2v) is 9.17. The molecule has 0 bridgehead atoms. The molecule has 1 spiro atoms. The lowest BCUT2D eigenvalue weighted by molar-refractivity contribution is 0.338. The van der Waals surface area contributed by atoms with Crippen LogP contribution in [0.5, 0.6) is 0 Å². The van der Waals surface area contributed by atoms with Crippen LogP contribution < -0.4 is 5.32 Å². The molecule has 2 heterocycles. The van der Waals surface area contributed by atoms with Gasteiger partial charge in [0, 0.05) is 19.6 Å². The lowest BCUT2D eigenvalue weighted by Crippen LogP contribution is -2.33. The Morgan fingerprint density at radius 1 is 1.32 bits per heavy atom. The van der Waals surface area contributed by atoms with Crippen LogP contribution in [0.1, 0.15) is 38.2 Å². The standard InChI is InChI=1S/C16H23ClN2O2S/c1-12(2)13-3-4-14(17)15(9-13)22(20,21)19-8-6-16(11-19)5-7-18-10-16/h3-4,9,12,18H,5-8,10-11H2,1-2H3. The van der Waals surface area contributed by atoms with Gasteiger partial charge in [-0.05, 0) is 48.4 Å². The van der Waals surface area contributed by atoms with Crippen molar-refractivity contribution in [2.75, 3.05) is 26.2 Å². The third kappa shape index (κ3) is 2.80. The summed E-state index contributed by atoms with van der Waals surface area (Å²) in [6.45, 7) is 7.19. The van der Waals surface area contributed by atoms with Gasteiger partial charge < -0.3 is 5.32 Å². The minimum absolute atomic E-state index is 0.120.